The Bertz CT molecular complexity index is 680. The number of carboxylic acid groups (broad SMARTS) is 1. The summed E-state index contributed by atoms with van der Waals surface area (Å²) in [6.45, 7) is 4.43. The molecule has 4 heteroatoms. The first-order valence-corrected chi connectivity index (χ1v) is 7.40. The lowest BCUT2D eigenvalue weighted by atomic mass is 10.1. The highest BCUT2D eigenvalue weighted by Gasteiger charge is 2.35. The van der Waals surface area contributed by atoms with Gasteiger partial charge in [0.15, 0.2) is 0 Å². The van der Waals surface area contributed by atoms with Crippen LogP contribution in [0.1, 0.15) is 31.0 Å². The monoisotopic (exact) mass is 284 g/mol. The maximum absolute atomic E-state index is 11.3. The van der Waals surface area contributed by atoms with Crippen LogP contribution in [0.15, 0.2) is 30.3 Å². The number of nitrogens with zero attached hydrogens (tertiary/aromatic N) is 2. The number of hydrogen-bond donors (Lipinski definition) is 1. The topological polar surface area (TPSA) is 53.4 Å². The number of pyridine rings is 1. The highest BCUT2D eigenvalue weighted by atomic mass is 16.4. The zero-order valence-corrected chi connectivity index (χ0v) is 12.4. The maximum Gasteiger partial charge on any atom is 0.320 e. The van der Waals surface area contributed by atoms with Crippen molar-refractivity contribution in [3.8, 4) is 0 Å². The summed E-state index contributed by atoms with van der Waals surface area (Å²) in [5.74, 6) is -0.753. The van der Waals surface area contributed by atoms with Gasteiger partial charge in [0.05, 0.1) is 5.52 Å². The number of para-hydroxylation sites is 1. The standard InChI is InChI=1S/C17H20N2O2/c1-11-9-13(15-5-3-4-6-16(15)18-11)10-19(14-7-8-14)12(2)17(20)21/h3-6,9,12,14H,7-8,10H2,1-2H3,(H,20,21). The van der Waals surface area contributed by atoms with Crippen LogP contribution in [0.25, 0.3) is 10.9 Å². The summed E-state index contributed by atoms with van der Waals surface area (Å²) < 4.78 is 0. The molecule has 1 fully saturated rings. The second kappa shape index (κ2) is 5.45. The van der Waals surface area contributed by atoms with Crippen LogP contribution in [0.3, 0.4) is 0 Å². The molecule has 0 radical (unpaired) electrons. The third kappa shape index (κ3) is 2.90. The average Bonchev–Trinajstić information content (AvgIpc) is 3.28. The number of aromatic nitrogens is 1. The molecule has 110 valence electrons. The van der Waals surface area contributed by atoms with Crippen molar-refractivity contribution < 1.29 is 9.90 Å². The van der Waals surface area contributed by atoms with Crippen LogP contribution in [0, 0.1) is 6.92 Å². The summed E-state index contributed by atoms with van der Waals surface area (Å²) >= 11 is 0. The van der Waals surface area contributed by atoms with Crippen LogP contribution in [0.2, 0.25) is 0 Å². The fraction of sp³-hybridized carbons (Fsp3) is 0.412. The van der Waals surface area contributed by atoms with E-state index < -0.39 is 12.0 Å². The second-order valence-electron chi connectivity index (χ2n) is 5.86. The predicted octanol–water partition coefficient (Wildman–Crippen LogP) is 2.98. The highest BCUT2D eigenvalue weighted by Crippen LogP contribution is 2.31. The minimum atomic E-state index is -0.753. The van der Waals surface area contributed by atoms with E-state index in [1.807, 2.05) is 25.1 Å². The number of carbonyl (C=O) groups is 1. The van der Waals surface area contributed by atoms with Crippen molar-refractivity contribution in [1.29, 1.82) is 0 Å². The Kier molecular flexibility index (Phi) is 3.64. The maximum atomic E-state index is 11.3. The average molecular weight is 284 g/mol. The quantitative estimate of drug-likeness (QED) is 0.917. The van der Waals surface area contributed by atoms with Crippen molar-refractivity contribution in [2.24, 2.45) is 0 Å². The molecule has 2 aromatic rings. The van der Waals surface area contributed by atoms with Crippen LogP contribution >= 0.6 is 0 Å². The van der Waals surface area contributed by atoms with Crippen LogP contribution in [0.5, 0.6) is 0 Å². The molecular formula is C17H20N2O2. The largest absolute Gasteiger partial charge is 0.480 e. The summed E-state index contributed by atoms with van der Waals surface area (Å²) in [4.78, 5) is 18.0. The third-order valence-electron chi connectivity index (χ3n) is 4.15. The van der Waals surface area contributed by atoms with Crippen molar-refractivity contribution in [2.75, 3.05) is 0 Å². The Morgan fingerprint density at radius 2 is 2.14 bits per heavy atom. The van der Waals surface area contributed by atoms with Gasteiger partial charge in [0.25, 0.3) is 0 Å². The molecule has 0 saturated heterocycles. The van der Waals surface area contributed by atoms with Gasteiger partial charge in [0.1, 0.15) is 6.04 Å². The molecule has 1 aromatic carbocycles. The molecule has 1 heterocycles. The fourth-order valence-corrected chi connectivity index (χ4v) is 2.85. The molecule has 1 N–H and O–H groups in total. The Morgan fingerprint density at radius 1 is 1.43 bits per heavy atom. The number of carboxylic acids is 1. The number of aliphatic carboxylic acids is 1. The minimum absolute atomic E-state index is 0.406. The van der Waals surface area contributed by atoms with Gasteiger partial charge in [-0.15, -0.1) is 0 Å². The van der Waals surface area contributed by atoms with E-state index in [4.69, 9.17) is 0 Å². The summed E-state index contributed by atoms with van der Waals surface area (Å²) in [6, 6.07) is 10.1. The molecule has 1 unspecified atom stereocenters. The fourth-order valence-electron chi connectivity index (χ4n) is 2.85. The van der Waals surface area contributed by atoms with E-state index in [9.17, 15) is 9.90 Å². The van der Waals surface area contributed by atoms with Crippen LogP contribution in [-0.2, 0) is 11.3 Å². The molecule has 3 rings (SSSR count). The van der Waals surface area contributed by atoms with E-state index in [0.717, 1.165) is 35.0 Å². The lowest BCUT2D eigenvalue weighted by Crippen LogP contribution is -2.40. The molecule has 1 atom stereocenters. The number of aryl methyl sites for hydroxylation is 1. The van der Waals surface area contributed by atoms with Gasteiger partial charge in [-0.25, -0.2) is 0 Å². The first-order chi connectivity index (χ1) is 10.1. The number of hydrogen-bond acceptors (Lipinski definition) is 3. The van der Waals surface area contributed by atoms with E-state index in [1.165, 1.54) is 0 Å². The van der Waals surface area contributed by atoms with Gasteiger partial charge in [0, 0.05) is 23.7 Å². The Hall–Kier alpha value is -1.94. The van der Waals surface area contributed by atoms with E-state index in [-0.39, 0.29) is 0 Å². The minimum Gasteiger partial charge on any atom is -0.480 e. The summed E-state index contributed by atoms with van der Waals surface area (Å²) in [5.41, 5.74) is 3.12. The highest BCUT2D eigenvalue weighted by molar-refractivity contribution is 5.82. The molecule has 21 heavy (non-hydrogen) atoms. The lowest BCUT2D eigenvalue weighted by Gasteiger charge is -2.26. The normalized spacial score (nSPS) is 16.3. The molecule has 0 amide bonds. The van der Waals surface area contributed by atoms with Gasteiger partial charge in [-0.3, -0.25) is 14.7 Å². The zero-order chi connectivity index (χ0) is 15.0. The van der Waals surface area contributed by atoms with Gasteiger partial charge in [0.2, 0.25) is 0 Å². The van der Waals surface area contributed by atoms with Crippen molar-refractivity contribution in [2.45, 2.75) is 45.3 Å². The van der Waals surface area contributed by atoms with Crippen molar-refractivity contribution in [1.82, 2.24) is 9.88 Å². The van der Waals surface area contributed by atoms with E-state index in [1.54, 1.807) is 6.92 Å². The third-order valence-corrected chi connectivity index (χ3v) is 4.15. The Morgan fingerprint density at radius 3 is 2.81 bits per heavy atom. The van der Waals surface area contributed by atoms with E-state index >= 15 is 0 Å². The summed E-state index contributed by atoms with van der Waals surface area (Å²) in [5, 5.41) is 10.4. The summed E-state index contributed by atoms with van der Waals surface area (Å²) in [7, 11) is 0. The molecule has 1 aliphatic carbocycles. The first-order valence-electron chi connectivity index (χ1n) is 7.40. The molecule has 1 aromatic heterocycles. The lowest BCUT2D eigenvalue weighted by molar-refractivity contribution is -0.143. The molecule has 1 saturated carbocycles. The van der Waals surface area contributed by atoms with E-state index in [0.29, 0.717) is 12.6 Å². The molecule has 0 aliphatic heterocycles. The van der Waals surface area contributed by atoms with Crippen LogP contribution in [0.4, 0.5) is 0 Å². The van der Waals surface area contributed by atoms with Crippen molar-refractivity contribution >= 4 is 16.9 Å². The number of benzene rings is 1. The Labute approximate surface area is 124 Å². The second-order valence-corrected chi connectivity index (χ2v) is 5.86. The zero-order valence-electron chi connectivity index (χ0n) is 12.4. The molecule has 0 bridgehead atoms. The molecule has 4 nitrogen and oxygen atoms in total. The molecule has 1 aliphatic rings. The van der Waals surface area contributed by atoms with Gasteiger partial charge >= 0.3 is 5.97 Å². The predicted molar refractivity (Wildman–Crippen MR) is 82.1 cm³/mol. The van der Waals surface area contributed by atoms with Gasteiger partial charge in [-0.2, -0.15) is 0 Å². The molecular weight excluding hydrogens is 264 g/mol. The number of fused-ring (bicyclic) bond motifs is 1. The summed E-state index contributed by atoms with van der Waals surface area (Å²) in [6.07, 6.45) is 2.19. The van der Waals surface area contributed by atoms with Crippen molar-refractivity contribution in [3.05, 3.63) is 41.6 Å². The smallest absolute Gasteiger partial charge is 0.320 e. The Balaban J connectivity index is 1.97. The van der Waals surface area contributed by atoms with Gasteiger partial charge in [-0.1, -0.05) is 18.2 Å². The number of rotatable bonds is 5. The SMILES string of the molecule is Cc1cc(CN(C2CC2)C(C)C(=O)O)c2ccccc2n1. The van der Waals surface area contributed by atoms with Crippen LogP contribution < -0.4 is 0 Å². The first kappa shape index (κ1) is 14.0. The van der Waals surface area contributed by atoms with Gasteiger partial charge in [-0.05, 0) is 44.4 Å². The van der Waals surface area contributed by atoms with Gasteiger partial charge < -0.3 is 5.11 Å². The van der Waals surface area contributed by atoms with Crippen LogP contribution in [-0.4, -0.2) is 33.0 Å². The van der Waals surface area contributed by atoms with Crippen molar-refractivity contribution in [3.63, 3.8) is 0 Å². The molecule has 0 spiro atoms. The van der Waals surface area contributed by atoms with E-state index in [2.05, 4.69) is 22.0 Å².